The topological polar surface area (TPSA) is 86.8 Å². The summed E-state index contributed by atoms with van der Waals surface area (Å²) in [5.41, 5.74) is 0.898. The van der Waals surface area contributed by atoms with Crippen LogP contribution in [0, 0.1) is 5.92 Å². The molecule has 11 heteroatoms. The molecule has 3 rings (SSSR count). The van der Waals surface area contributed by atoms with Crippen molar-refractivity contribution < 1.29 is 18.0 Å². The van der Waals surface area contributed by atoms with E-state index in [2.05, 4.69) is 5.32 Å². The molecule has 1 N–H and O–H groups in total. The van der Waals surface area contributed by atoms with Gasteiger partial charge in [0.15, 0.2) is 0 Å². The van der Waals surface area contributed by atoms with Crippen LogP contribution < -0.4 is 9.62 Å². The molecule has 1 atom stereocenters. The van der Waals surface area contributed by atoms with Gasteiger partial charge < -0.3 is 10.2 Å². The smallest absolute Gasteiger partial charge is 0.264 e. The van der Waals surface area contributed by atoms with Crippen LogP contribution in [0.1, 0.15) is 32.8 Å². The van der Waals surface area contributed by atoms with Gasteiger partial charge in [-0.2, -0.15) is 0 Å². The zero-order valence-corrected chi connectivity index (χ0v) is 25.6. The number of nitrogens with zero attached hydrogens (tertiary/aromatic N) is 2. The van der Waals surface area contributed by atoms with Crippen molar-refractivity contribution in [1.82, 2.24) is 10.2 Å². The van der Waals surface area contributed by atoms with E-state index in [1.165, 1.54) is 29.2 Å². The second-order valence-corrected chi connectivity index (χ2v) is 12.7. The van der Waals surface area contributed by atoms with Crippen LogP contribution in [-0.2, 0) is 26.2 Å². The summed E-state index contributed by atoms with van der Waals surface area (Å²) in [5.74, 6) is -0.683. The number of nitrogens with one attached hydrogen (secondary N) is 1. The summed E-state index contributed by atoms with van der Waals surface area (Å²) < 4.78 is 28.6. The van der Waals surface area contributed by atoms with E-state index in [0.29, 0.717) is 33.6 Å². The standard InChI is InChI=1S/C29H32Cl3N3O4S/c1-4-27(29(37)33-17-20(2)3)34(18-21-10-15-25(31)26(32)16-21)28(36)19-35(23-13-11-22(30)12-14-23)40(38,39)24-8-6-5-7-9-24/h5-16,20,27H,4,17-19H2,1-3H3,(H,33,37)/t27-/m1/s1. The van der Waals surface area contributed by atoms with Crippen LogP contribution in [0.2, 0.25) is 15.1 Å². The first-order chi connectivity index (χ1) is 18.9. The first-order valence-electron chi connectivity index (χ1n) is 12.8. The summed E-state index contributed by atoms with van der Waals surface area (Å²) in [6.45, 7) is 5.64. The van der Waals surface area contributed by atoms with E-state index in [1.54, 1.807) is 55.5 Å². The SMILES string of the molecule is CC[C@H](C(=O)NCC(C)C)N(Cc1ccc(Cl)c(Cl)c1)C(=O)CN(c1ccc(Cl)cc1)S(=O)(=O)c1ccccc1. The average Bonchev–Trinajstić information content (AvgIpc) is 2.93. The van der Waals surface area contributed by atoms with Gasteiger partial charge in [0.05, 0.1) is 20.6 Å². The van der Waals surface area contributed by atoms with Gasteiger partial charge in [0.2, 0.25) is 11.8 Å². The Labute approximate surface area is 251 Å². The van der Waals surface area contributed by atoms with Crippen molar-refractivity contribution in [1.29, 1.82) is 0 Å². The number of carbonyl (C=O) groups excluding carboxylic acids is 2. The molecule has 3 aromatic rings. The lowest BCUT2D eigenvalue weighted by molar-refractivity contribution is -0.140. The van der Waals surface area contributed by atoms with Gasteiger partial charge >= 0.3 is 0 Å². The van der Waals surface area contributed by atoms with Gasteiger partial charge in [0, 0.05) is 18.1 Å². The van der Waals surface area contributed by atoms with E-state index in [1.807, 2.05) is 13.8 Å². The highest BCUT2D eigenvalue weighted by Gasteiger charge is 2.33. The maximum Gasteiger partial charge on any atom is 0.264 e. The first-order valence-corrected chi connectivity index (χ1v) is 15.4. The number of carbonyl (C=O) groups is 2. The van der Waals surface area contributed by atoms with Crippen LogP contribution in [0.4, 0.5) is 5.69 Å². The largest absolute Gasteiger partial charge is 0.354 e. The van der Waals surface area contributed by atoms with E-state index in [0.717, 1.165) is 4.31 Å². The summed E-state index contributed by atoms with van der Waals surface area (Å²) >= 11 is 18.4. The molecule has 214 valence electrons. The van der Waals surface area contributed by atoms with Crippen molar-refractivity contribution in [2.24, 2.45) is 5.92 Å². The van der Waals surface area contributed by atoms with Crippen LogP contribution in [0.25, 0.3) is 0 Å². The number of hydrogen-bond donors (Lipinski definition) is 1. The molecule has 0 unspecified atom stereocenters. The van der Waals surface area contributed by atoms with Gasteiger partial charge in [0.25, 0.3) is 10.0 Å². The summed E-state index contributed by atoms with van der Waals surface area (Å²) in [5, 5.41) is 3.97. The Morgan fingerprint density at radius 3 is 2.12 bits per heavy atom. The Kier molecular flexibility index (Phi) is 11.3. The Bertz CT molecular complexity index is 1420. The van der Waals surface area contributed by atoms with Crippen LogP contribution in [0.15, 0.2) is 77.7 Å². The van der Waals surface area contributed by atoms with Crippen molar-refractivity contribution in [3.05, 3.63) is 93.4 Å². The average molecular weight is 625 g/mol. The van der Waals surface area contributed by atoms with Gasteiger partial charge in [0.1, 0.15) is 12.6 Å². The van der Waals surface area contributed by atoms with Gasteiger partial charge in [-0.15, -0.1) is 0 Å². The third kappa shape index (κ3) is 8.13. The zero-order chi connectivity index (χ0) is 29.4. The van der Waals surface area contributed by atoms with Crippen LogP contribution in [0.3, 0.4) is 0 Å². The molecule has 0 saturated carbocycles. The second kappa shape index (κ2) is 14.2. The van der Waals surface area contributed by atoms with E-state index >= 15 is 0 Å². The summed E-state index contributed by atoms with van der Waals surface area (Å²) in [4.78, 5) is 28.7. The fraction of sp³-hybridized carbons (Fsp3) is 0.310. The molecule has 3 aromatic carbocycles. The molecule has 0 heterocycles. The third-order valence-electron chi connectivity index (χ3n) is 6.13. The maximum atomic E-state index is 14.0. The summed E-state index contributed by atoms with van der Waals surface area (Å²) in [6.07, 6.45) is 0.309. The van der Waals surface area contributed by atoms with Gasteiger partial charge in [-0.1, -0.05) is 79.8 Å². The molecule has 0 bridgehead atoms. The van der Waals surface area contributed by atoms with Crippen molar-refractivity contribution in [2.75, 3.05) is 17.4 Å². The Morgan fingerprint density at radius 1 is 0.900 bits per heavy atom. The minimum absolute atomic E-state index is 0.0170. The molecule has 0 saturated heterocycles. The number of rotatable bonds is 12. The van der Waals surface area contributed by atoms with Gasteiger partial charge in [-0.05, 0) is 66.4 Å². The van der Waals surface area contributed by atoms with E-state index in [-0.39, 0.29) is 29.0 Å². The van der Waals surface area contributed by atoms with Crippen molar-refractivity contribution >= 4 is 62.3 Å². The normalized spacial score (nSPS) is 12.2. The lowest BCUT2D eigenvalue weighted by Gasteiger charge is -2.33. The quantitative estimate of drug-likeness (QED) is 0.252. The maximum absolute atomic E-state index is 14.0. The Hall–Kier alpha value is -2.78. The van der Waals surface area contributed by atoms with E-state index < -0.39 is 28.5 Å². The molecule has 0 aliphatic heterocycles. The molecule has 0 radical (unpaired) electrons. The molecular formula is C29H32Cl3N3O4S. The number of amides is 2. The molecule has 0 fully saturated rings. The monoisotopic (exact) mass is 623 g/mol. The predicted octanol–water partition coefficient (Wildman–Crippen LogP) is 6.42. The fourth-order valence-corrected chi connectivity index (χ4v) is 5.91. The lowest BCUT2D eigenvalue weighted by Crippen LogP contribution is -2.52. The number of halogens is 3. The van der Waals surface area contributed by atoms with Crippen LogP contribution >= 0.6 is 34.8 Å². The third-order valence-corrected chi connectivity index (χ3v) is 8.91. The minimum Gasteiger partial charge on any atom is -0.354 e. The highest BCUT2D eigenvalue weighted by atomic mass is 35.5. The minimum atomic E-state index is -4.15. The molecule has 2 amide bonds. The molecular weight excluding hydrogens is 593 g/mol. The number of anilines is 1. The fourth-order valence-electron chi connectivity index (χ4n) is 4.03. The van der Waals surface area contributed by atoms with Crippen molar-refractivity contribution in [2.45, 2.75) is 44.7 Å². The van der Waals surface area contributed by atoms with E-state index in [4.69, 9.17) is 34.8 Å². The van der Waals surface area contributed by atoms with Gasteiger partial charge in [-0.25, -0.2) is 8.42 Å². The molecule has 0 spiro atoms. The molecule has 0 aromatic heterocycles. The molecule has 40 heavy (non-hydrogen) atoms. The highest BCUT2D eigenvalue weighted by Crippen LogP contribution is 2.27. The van der Waals surface area contributed by atoms with Crippen LogP contribution in [-0.4, -0.2) is 44.3 Å². The molecule has 7 nitrogen and oxygen atoms in total. The Morgan fingerprint density at radius 2 is 1.55 bits per heavy atom. The summed E-state index contributed by atoms with van der Waals surface area (Å²) in [6, 6.07) is 18.1. The number of sulfonamides is 1. The number of benzene rings is 3. The highest BCUT2D eigenvalue weighted by molar-refractivity contribution is 7.92. The summed E-state index contributed by atoms with van der Waals surface area (Å²) in [7, 11) is -4.15. The van der Waals surface area contributed by atoms with E-state index in [9.17, 15) is 18.0 Å². The second-order valence-electron chi connectivity index (χ2n) is 9.63. The van der Waals surface area contributed by atoms with Crippen LogP contribution in [0.5, 0.6) is 0 Å². The van der Waals surface area contributed by atoms with Gasteiger partial charge in [-0.3, -0.25) is 13.9 Å². The zero-order valence-electron chi connectivity index (χ0n) is 22.5. The van der Waals surface area contributed by atoms with Crippen molar-refractivity contribution in [3.8, 4) is 0 Å². The predicted molar refractivity (Wildman–Crippen MR) is 161 cm³/mol. The molecule has 0 aliphatic carbocycles. The Balaban J connectivity index is 2.04. The lowest BCUT2D eigenvalue weighted by atomic mass is 10.1. The van der Waals surface area contributed by atoms with Crippen molar-refractivity contribution in [3.63, 3.8) is 0 Å². The molecule has 0 aliphatic rings. The number of hydrogen-bond acceptors (Lipinski definition) is 4. The first kappa shape index (κ1) is 31.7.